The molecule has 0 aliphatic heterocycles. The second-order valence-corrected chi connectivity index (χ2v) is 7.51. The molecule has 4 atom stereocenters. The molecule has 32 heavy (non-hydrogen) atoms. The quantitative estimate of drug-likeness (QED) is 0.122. The summed E-state index contributed by atoms with van der Waals surface area (Å²) in [5, 5.41) is 16.5. The van der Waals surface area contributed by atoms with Gasteiger partial charge in [-0.2, -0.15) is 25.3 Å². The Morgan fingerprint density at radius 2 is 1.59 bits per heavy atom. The summed E-state index contributed by atoms with van der Waals surface area (Å²) in [6, 6.07) is -4.72. The fraction of sp³-hybridized carbons (Fsp3) is 0.529. The van der Waals surface area contributed by atoms with Crippen molar-refractivity contribution in [1.29, 1.82) is 0 Å². The van der Waals surface area contributed by atoms with E-state index < -0.39 is 53.8 Å². The van der Waals surface area contributed by atoms with Crippen LogP contribution in [0.1, 0.15) is 18.5 Å². The van der Waals surface area contributed by atoms with E-state index >= 15 is 0 Å². The molecule has 1 aromatic rings. The standard InChI is InChI=1S/C17H27N7O6S2/c18-9(5-31)14(26)24-12(6-32)16(28)22-10(1-2-13(19)25)15(27)23-11(17(29)30)3-8-4-20-7-21-8/h4,7,9-12,31-32H,1-3,5-6,18H2,(H2,19,25)(H,20,21)(H,22,28)(H,23,27)(H,24,26)(H,29,30). The molecule has 1 heterocycles. The summed E-state index contributed by atoms with van der Waals surface area (Å²) in [5.74, 6) is -4.36. The van der Waals surface area contributed by atoms with Gasteiger partial charge in [0.25, 0.3) is 0 Å². The number of nitrogens with one attached hydrogen (secondary N) is 4. The number of aromatic nitrogens is 2. The molecular formula is C17H27N7O6S2. The average molecular weight is 490 g/mol. The topological polar surface area (TPSA) is 222 Å². The number of hydrogen-bond acceptors (Lipinski definition) is 9. The Labute approximate surface area is 194 Å². The van der Waals surface area contributed by atoms with Crippen LogP contribution in [0, 0.1) is 0 Å². The van der Waals surface area contributed by atoms with Gasteiger partial charge in [0, 0.05) is 36.2 Å². The monoisotopic (exact) mass is 489 g/mol. The molecule has 4 unspecified atom stereocenters. The lowest BCUT2D eigenvalue weighted by Gasteiger charge is -2.24. The minimum atomic E-state index is -1.33. The maximum atomic E-state index is 12.7. The molecule has 0 spiro atoms. The summed E-state index contributed by atoms with van der Waals surface area (Å²) in [6.45, 7) is 0. The molecule has 0 aliphatic rings. The zero-order valence-corrected chi connectivity index (χ0v) is 18.8. The molecule has 9 N–H and O–H groups in total. The number of nitrogens with zero attached hydrogens (tertiary/aromatic N) is 1. The number of carboxylic acid groups (broad SMARTS) is 1. The molecular weight excluding hydrogens is 462 g/mol. The van der Waals surface area contributed by atoms with Crippen molar-refractivity contribution in [2.45, 2.75) is 43.4 Å². The molecule has 0 bridgehead atoms. The highest BCUT2D eigenvalue weighted by molar-refractivity contribution is 7.80. The van der Waals surface area contributed by atoms with Gasteiger partial charge in [-0.3, -0.25) is 19.2 Å². The van der Waals surface area contributed by atoms with Crippen LogP contribution in [0.2, 0.25) is 0 Å². The van der Waals surface area contributed by atoms with E-state index in [4.69, 9.17) is 11.5 Å². The Morgan fingerprint density at radius 1 is 1.00 bits per heavy atom. The van der Waals surface area contributed by atoms with Crippen LogP contribution < -0.4 is 27.4 Å². The molecule has 0 aromatic carbocycles. The highest BCUT2D eigenvalue weighted by Crippen LogP contribution is 2.04. The van der Waals surface area contributed by atoms with Crippen molar-refractivity contribution in [1.82, 2.24) is 25.9 Å². The number of carbonyl (C=O) groups excluding carboxylic acids is 4. The van der Waals surface area contributed by atoms with Crippen molar-refractivity contribution in [3.8, 4) is 0 Å². The predicted molar refractivity (Wildman–Crippen MR) is 120 cm³/mol. The number of carboxylic acids is 1. The number of aromatic amines is 1. The number of imidazole rings is 1. The van der Waals surface area contributed by atoms with Gasteiger partial charge in [-0.05, 0) is 6.42 Å². The Hall–Kier alpha value is -2.78. The zero-order chi connectivity index (χ0) is 24.3. The SMILES string of the molecule is NC(=O)CCC(NC(=O)C(CS)NC(=O)C(N)CS)C(=O)NC(Cc1cnc[nH]1)C(=O)O. The molecule has 0 aliphatic carbocycles. The Kier molecular flexibility index (Phi) is 11.6. The molecule has 1 aromatic heterocycles. The van der Waals surface area contributed by atoms with E-state index in [9.17, 15) is 29.1 Å². The Bertz CT molecular complexity index is 807. The van der Waals surface area contributed by atoms with Crippen molar-refractivity contribution in [3.63, 3.8) is 0 Å². The van der Waals surface area contributed by atoms with Crippen LogP contribution in [-0.4, -0.2) is 80.3 Å². The summed E-state index contributed by atoms with van der Waals surface area (Å²) < 4.78 is 0. The van der Waals surface area contributed by atoms with Gasteiger partial charge in [-0.15, -0.1) is 0 Å². The second kappa shape index (κ2) is 13.6. The number of aliphatic carboxylic acids is 1. The Morgan fingerprint density at radius 3 is 2.09 bits per heavy atom. The van der Waals surface area contributed by atoms with Gasteiger partial charge in [0.15, 0.2) is 0 Å². The first-order valence-corrected chi connectivity index (χ1v) is 10.7. The summed E-state index contributed by atoms with van der Waals surface area (Å²) in [7, 11) is 0. The minimum Gasteiger partial charge on any atom is -0.480 e. The van der Waals surface area contributed by atoms with Crippen LogP contribution >= 0.6 is 25.3 Å². The molecule has 15 heteroatoms. The maximum Gasteiger partial charge on any atom is 0.326 e. The lowest BCUT2D eigenvalue weighted by molar-refractivity contribution is -0.142. The lowest BCUT2D eigenvalue weighted by Crippen LogP contribution is -2.58. The van der Waals surface area contributed by atoms with E-state index in [0.29, 0.717) is 5.69 Å². The average Bonchev–Trinajstić information content (AvgIpc) is 3.26. The van der Waals surface area contributed by atoms with E-state index in [1.54, 1.807) is 0 Å². The van der Waals surface area contributed by atoms with Gasteiger partial charge in [-0.25, -0.2) is 9.78 Å². The van der Waals surface area contributed by atoms with Crippen molar-refractivity contribution >= 4 is 54.9 Å². The number of thiol groups is 2. The van der Waals surface area contributed by atoms with E-state index in [-0.39, 0.29) is 30.8 Å². The largest absolute Gasteiger partial charge is 0.480 e. The van der Waals surface area contributed by atoms with Crippen LogP contribution in [0.15, 0.2) is 12.5 Å². The summed E-state index contributed by atoms with van der Waals surface area (Å²) in [4.78, 5) is 66.5. The molecule has 0 fully saturated rings. The maximum absolute atomic E-state index is 12.7. The van der Waals surface area contributed by atoms with Gasteiger partial charge in [0.05, 0.1) is 12.4 Å². The van der Waals surface area contributed by atoms with Gasteiger partial charge >= 0.3 is 5.97 Å². The minimum absolute atomic E-state index is 0.0449. The van der Waals surface area contributed by atoms with Gasteiger partial charge < -0.3 is 37.5 Å². The predicted octanol–water partition coefficient (Wildman–Crippen LogP) is -3.06. The fourth-order valence-electron chi connectivity index (χ4n) is 2.47. The summed E-state index contributed by atoms with van der Waals surface area (Å²) in [6.07, 6.45) is 2.24. The molecule has 4 amide bonds. The van der Waals surface area contributed by atoms with Crippen LogP contribution in [0.3, 0.4) is 0 Å². The first kappa shape index (κ1) is 27.3. The molecule has 0 saturated carbocycles. The first-order valence-electron chi connectivity index (χ1n) is 9.45. The van der Waals surface area contributed by atoms with Crippen molar-refractivity contribution in [3.05, 3.63) is 18.2 Å². The molecule has 13 nitrogen and oxygen atoms in total. The molecule has 178 valence electrons. The summed E-state index contributed by atoms with van der Waals surface area (Å²) >= 11 is 7.93. The van der Waals surface area contributed by atoms with Gasteiger partial charge in [-0.1, -0.05) is 0 Å². The van der Waals surface area contributed by atoms with E-state index in [2.05, 4.69) is 51.2 Å². The first-order chi connectivity index (χ1) is 15.1. The van der Waals surface area contributed by atoms with Gasteiger partial charge in [0.2, 0.25) is 23.6 Å². The van der Waals surface area contributed by atoms with Crippen LogP contribution in [0.5, 0.6) is 0 Å². The van der Waals surface area contributed by atoms with Crippen molar-refractivity contribution < 1.29 is 29.1 Å². The number of amides is 4. The Balaban J connectivity index is 2.90. The van der Waals surface area contributed by atoms with Crippen molar-refractivity contribution in [2.24, 2.45) is 11.5 Å². The zero-order valence-electron chi connectivity index (χ0n) is 17.0. The normalized spacial score (nSPS) is 14.5. The van der Waals surface area contributed by atoms with E-state index in [1.807, 2.05) is 0 Å². The molecule has 0 saturated heterocycles. The van der Waals surface area contributed by atoms with Crippen LogP contribution in [-0.2, 0) is 30.4 Å². The highest BCUT2D eigenvalue weighted by atomic mass is 32.1. The van der Waals surface area contributed by atoms with Crippen LogP contribution in [0.25, 0.3) is 0 Å². The number of hydrogen-bond donors (Lipinski definition) is 9. The van der Waals surface area contributed by atoms with E-state index in [1.165, 1.54) is 12.5 Å². The number of H-pyrrole nitrogens is 1. The number of rotatable bonds is 14. The second-order valence-electron chi connectivity index (χ2n) is 6.78. The summed E-state index contributed by atoms with van der Waals surface area (Å²) in [5.41, 5.74) is 11.2. The number of carbonyl (C=O) groups is 5. The highest BCUT2D eigenvalue weighted by Gasteiger charge is 2.30. The van der Waals surface area contributed by atoms with E-state index in [0.717, 1.165) is 0 Å². The third-order valence-corrected chi connectivity index (χ3v) is 5.01. The number of primary amides is 1. The number of nitrogens with two attached hydrogens (primary N) is 2. The van der Waals surface area contributed by atoms with Gasteiger partial charge in [0.1, 0.15) is 18.1 Å². The van der Waals surface area contributed by atoms with Crippen molar-refractivity contribution in [2.75, 3.05) is 11.5 Å². The van der Waals surface area contributed by atoms with Crippen LogP contribution in [0.4, 0.5) is 0 Å². The third kappa shape index (κ3) is 9.15. The third-order valence-electron chi connectivity index (χ3n) is 4.25. The molecule has 1 rings (SSSR count). The lowest BCUT2D eigenvalue weighted by atomic mass is 10.1. The molecule has 0 radical (unpaired) electrons. The fourth-order valence-corrected chi connectivity index (χ4v) is 2.90. The smallest absolute Gasteiger partial charge is 0.326 e.